The maximum Gasteiger partial charge on any atom is 0.247 e. The van der Waals surface area contributed by atoms with Crippen LogP contribution in [0.4, 0.5) is 34.1 Å². The fourth-order valence-corrected chi connectivity index (χ4v) is 13.0. The molecule has 3 aliphatic rings. The number of thiophene rings is 1. The van der Waals surface area contributed by atoms with Gasteiger partial charge < -0.3 is 9.80 Å². The van der Waals surface area contributed by atoms with Gasteiger partial charge in [-0.05, 0) is 132 Å². The van der Waals surface area contributed by atoms with Crippen LogP contribution in [0.5, 0.6) is 0 Å². The molecule has 1 spiro atoms. The summed E-state index contributed by atoms with van der Waals surface area (Å²) in [6.45, 7) is 14.0. The van der Waals surface area contributed by atoms with Crippen LogP contribution in [-0.4, -0.2) is 6.71 Å². The number of para-hydroxylation sites is 2. The van der Waals surface area contributed by atoms with E-state index in [0.717, 1.165) is 22.7 Å². The average molecular weight is 879 g/mol. The molecule has 0 saturated heterocycles. The minimum absolute atomic E-state index is 0.0156. The van der Waals surface area contributed by atoms with Gasteiger partial charge in [0.2, 0.25) is 6.71 Å². The van der Waals surface area contributed by atoms with E-state index in [1.807, 2.05) is 11.3 Å². The molecular formula is C63H51BN2S. The van der Waals surface area contributed by atoms with Crippen molar-refractivity contribution in [2.75, 3.05) is 9.80 Å². The first-order valence-electron chi connectivity index (χ1n) is 23.8. The van der Waals surface area contributed by atoms with Gasteiger partial charge >= 0.3 is 0 Å². The first kappa shape index (κ1) is 40.2. The van der Waals surface area contributed by atoms with Gasteiger partial charge in [0.25, 0.3) is 0 Å². The first-order chi connectivity index (χ1) is 32.5. The summed E-state index contributed by atoms with van der Waals surface area (Å²) in [5, 5.41) is 2.65. The molecule has 322 valence electrons. The maximum atomic E-state index is 2.62. The quantitative estimate of drug-likeness (QED) is 0.163. The van der Waals surface area contributed by atoms with Crippen molar-refractivity contribution in [2.45, 2.75) is 57.8 Å². The van der Waals surface area contributed by atoms with Gasteiger partial charge in [0.05, 0.1) is 5.41 Å². The van der Waals surface area contributed by atoms with E-state index >= 15 is 0 Å². The molecule has 0 unspecified atom stereocenters. The van der Waals surface area contributed by atoms with Gasteiger partial charge in [-0.3, -0.25) is 0 Å². The summed E-state index contributed by atoms with van der Waals surface area (Å²) in [4.78, 5) is 5.09. The number of nitrogens with zero attached hydrogens (tertiary/aromatic N) is 2. The Bertz CT molecular complexity index is 3530. The Labute approximate surface area is 398 Å². The van der Waals surface area contributed by atoms with Gasteiger partial charge in [0.15, 0.2) is 0 Å². The molecule has 2 aliphatic heterocycles. The van der Waals surface area contributed by atoms with Crippen LogP contribution in [-0.2, 0) is 16.2 Å². The van der Waals surface area contributed by atoms with Crippen molar-refractivity contribution in [1.29, 1.82) is 0 Å². The standard InChI is InChI=1S/C63H51BN2S/c1-61(2,3)40-29-32-44(33-30-40)66-56-39-59-49(48-25-15-18-28-58(48)67-59)38-55(56)64-54-35-41(62(4,5)6)31-34-52(54)63(50-26-16-13-23-46(50)47-24-14-17-27-51(47)63)53-36-45(37-57(66)60(53)64)65(42-19-9-7-10-20-42)43-21-11-8-12-22-43/h7-39H,1-6H3. The first-order valence-corrected chi connectivity index (χ1v) is 24.6. The lowest BCUT2D eigenvalue weighted by Gasteiger charge is -2.48. The Morgan fingerprint density at radius 3 is 1.66 bits per heavy atom. The second kappa shape index (κ2) is 14.4. The van der Waals surface area contributed by atoms with Gasteiger partial charge in [-0.15, -0.1) is 11.3 Å². The summed E-state index contributed by atoms with van der Waals surface area (Å²) < 4.78 is 2.63. The number of hydrogen-bond acceptors (Lipinski definition) is 3. The van der Waals surface area contributed by atoms with Crippen LogP contribution in [0.25, 0.3) is 31.3 Å². The van der Waals surface area contributed by atoms with Crippen molar-refractivity contribution in [3.05, 3.63) is 234 Å². The van der Waals surface area contributed by atoms with Gasteiger partial charge in [0, 0.05) is 48.9 Å². The van der Waals surface area contributed by atoms with Crippen LogP contribution >= 0.6 is 11.3 Å². The van der Waals surface area contributed by atoms with Crippen LogP contribution < -0.4 is 26.2 Å². The Kier molecular flexibility index (Phi) is 8.65. The van der Waals surface area contributed by atoms with Crippen molar-refractivity contribution in [1.82, 2.24) is 0 Å². The highest BCUT2D eigenvalue weighted by Gasteiger charge is 2.55. The fourth-order valence-electron chi connectivity index (χ4n) is 11.9. The van der Waals surface area contributed by atoms with Gasteiger partial charge in [-0.2, -0.15) is 0 Å². The van der Waals surface area contributed by atoms with Crippen LogP contribution in [0, 0.1) is 0 Å². The van der Waals surface area contributed by atoms with E-state index in [-0.39, 0.29) is 17.5 Å². The molecule has 1 aliphatic carbocycles. The molecule has 0 amide bonds. The smallest absolute Gasteiger partial charge is 0.247 e. The highest BCUT2D eigenvalue weighted by molar-refractivity contribution is 7.26. The molecule has 0 saturated carbocycles. The summed E-state index contributed by atoms with van der Waals surface area (Å²) in [5.74, 6) is 0. The highest BCUT2D eigenvalue weighted by Crippen LogP contribution is 2.59. The largest absolute Gasteiger partial charge is 0.311 e. The third-order valence-electron chi connectivity index (χ3n) is 15.0. The summed E-state index contributed by atoms with van der Waals surface area (Å²) in [6, 6.07) is 76.5. The maximum absolute atomic E-state index is 2.62. The van der Waals surface area contributed by atoms with E-state index in [9.17, 15) is 0 Å². The van der Waals surface area contributed by atoms with Crippen molar-refractivity contribution in [3.63, 3.8) is 0 Å². The molecule has 0 bridgehead atoms. The summed E-state index contributed by atoms with van der Waals surface area (Å²) in [5.41, 5.74) is 21.1. The normalized spacial score (nSPS) is 14.2. The molecule has 4 heteroatoms. The van der Waals surface area contributed by atoms with Crippen molar-refractivity contribution >= 4 is 88.7 Å². The summed E-state index contributed by atoms with van der Waals surface area (Å²) in [7, 11) is 0. The fraction of sp³-hybridized carbons (Fsp3) is 0.143. The molecular weight excluding hydrogens is 828 g/mol. The molecule has 9 aromatic carbocycles. The molecule has 0 atom stereocenters. The van der Waals surface area contributed by atoms with Crippen molar-refractivity contribution in [2.24, 2.45) is 0 Å². The molecule has 10 aromatic rings. The van der Waals surface area contributed by atoms with E-state index in [4.69, 9.17) is 0 Å². The van der Waals surface area contributed by atoms with Crippen LogP contribution in [0.15, 0.2) is 200 Å². The minimum Gasteiger partial charge on any atom is -0.311 e. The predicted molar refractivity (Wildman–Crippen MR) is 288 cm³/mol. The third-order valence-corrected chi connectivity index (χ3v) is 16.2. The average Bonchev–Trinajstić information content (AvgIpc) is 3.85. The molecule has 2 nitrogen and oxygen atoms in total. The summed E-state index contributed by atoms with van der Waals surface area (Å²) in [6.07, 6.45) is 0. The van der Waals surface area contributed by atoms with Crippen LogP contribution in [0.1, 0.15) is 74.9 Å². The third kappa shape index (κ3) is 5.82. The van der Waals surface area contributed by atoms with E-state index in [1.54, 1.807) is 0 Å². The molecule has 0 fully saturated rings. The Morgan fingerprint density at radius 1 is 0.433 bits per heavy atom. The molecule has 67 heavy (non-hydrogen) atoms. The minimum atomic E-state index is -0.604. The Balaban J connectivity index is 1.24. The number of rotatable bonds is 4. The van der Waals surface area contributed by atoms with Crippen LogP contribution in [0.2, 0.25) is 0 Å². The number of benzene rings is 9. The molecule has 0 N–H and O–H groups in total. The Morgan fingerprint density at radius 2 is 1.01 bits per heavy atom. The monoisotopic (exact) mass is 878 g/mol. The lowest BCUT2D eigenvalue weighted by molar-refractivity contribution is 0.590. The number of fused-ring (bicyclic) bond motifs is 14. The zero-order chi connectivity index (χ0) is 45.4. The van der Waals surface area contributed by atoms with Crippen molar-refractivity contribution < 1.29 is 0 Å². The van der Waals surface area contributed by atoms with E-state index in [2.05, 4.69) is 252 Å². The molecule has 1 aromatic heterocycles. The topological polar surface area (TPSA) is 6.48 Å². The Hall–Kier alpha value is -7.14. The predicted octanol–water partition coefficient (Wildman–Crippen LogP) is 15.1. The second-order valence-corrected chi connectivity index (χ2v) is 22.0. The number of anilines is 6. The van der Waals surface area contributed by atoms with Gasteiger partial charge in [-0.1, -0.05) is 187 Å². The molecule has 0 radical (unpaired) electrons. The highest BCUT2D eigenvalue weighted by atomic mass is 32.1. The zero-order valence-electron chi connectivity index (χ0n) is 38.9. The van der Waals surface area contributed by atoms with Crippen molar-refractivity contribution in [3.8, 4) is 11.1 Å². The van der Waals surface area contributed by atoms with E-state index in [1.165, 1.54) is 92.4 Å². The van der Waals surface area contributed by atoms with Crippen LogP contribution in [0.3, 0.4) is 0 Å². The second-order valence-electron chi connectivity index (χ2n) is 20.9. The lowest BCUT2D eigenvalue weighted by atomic mass is 9.29. The summed E-state index contributed by atoms with van der Waals surface area (Å²) >= 11 is 1.90. The SMILES string of the molecule is CC(C)(C)c1ccc(N2c3cc4sc5ccccc5c4cc3B3c4cc(C(C)(C)C)ccc4C4(c5ccccc5-c5ccccc54)c4cc(N(c5ccccc5)c5ccccc5)cc2c43)cc1. The zero-order valence-corrected chi connectivity index (χ0v) is 39.7. The number of hydrogen-bond donors (Lipinski definition) is 0. The molecule has 3 heterocycles. The lowest BCUT2D eigenvalue weighted by Crippen LogP contribution is -2.65. The van der Waals surface area contributed by atoms with Gasteiger partial charge in [-0.25, -0.2) is 0 Å². The van der Waals surface area contributed by atoms with Gasteiger partial charge in [0.1, 0.15) is 0 Å². The van der Waals surface area contributed by atoms with E-state index < -0.39 is 5.41 Å². The molecule has 13 rings (SSSR count). The van der Waals surface area contributed by atoms with E-state index in [0.29, 0.717) is 0 Å².